The van der Waals surface area contributed by atoms with Gasteiger partial charge in [-0.05, 0) is 24.6 Å². The van der Waals surface area contributed by atoms with Crippen LogP contribution in [0, 0.1) is 0 Å². The molecule has 26 heavy (non-hydrogen) atoms. The van der Waals surface area contributed by atoms with Gasteiger partial charge >= 0.3 is 0 Å². The van der Waals surface area contributed by atoms with E-state index in [9.17, 15) is 9.59 Å². The van der Waals surface area contributed by atoms with Gasteiger partial charge in [-0.2, -0.15) is 0 Å². The molecule has 6 heteroatoms. The van der Waals surface area contributed by atoms with Gasteiger partial charge in [0.15, 0.2) is 5.76 Å². The van der Waals surface area contributed by atoms with Crippen molar-refractivity contribution in [2.45, 2.75) is 25.8 Å². The minimum absolute atomic E-state index is 0.133. The zero-order chi connectivity index (χ0) is 17.9. The molecule has 1 aromatic carbocycles. The third kappa shape index (κ3) is 3.22. The molecule has 0 unspecified atom stereocenters. The summed E-state index contributed by atoms with van der Waals surface area (Å²) < 4.78 is 5.04. The second-order valence-corrected chi connectivity index (χ2v) is 6.53. The molecular weight excluding hydrogens is 330 g/mol. The highest BCUT2D eigenvalue weighted by Crippen LogP contribution is 2.27. The first-order valence-electron chi connectivity index (χ1n) is 8.90. The molecule has 0 fully saturated rings. The van der Waals surface area contributed by atoms with Crippen LogP contribution in [0.5, 0.6) is 0 Å². The average molecular weight is 351 g/mol. The summed E-state index contributed by atoms with van der Waals surface area (Å²) in [5.41, 5.74) is 3.60. The molecule has 3 heterocycles. The van der Waals surface area contributed by atoms with Gasteiger partial charge in [0.1, 0.15) is 0 Å². The topological polar surface area (TPSA) is 78.3 Å². The molecule has 4 rings (SSSR count). The number of carbonyl (C=O) groups excluding carboxylic acids is 2. The summed E-state index contributed by atoms with van der Waals surface area (Å²) in [6.45, 7) is 1.84. The third-order valence-corrected chi connectivity index (χ3v) is 4.83. The number of hydrogen-bond acceptors (Lipinski definition) is 3. The summed E-state index contributed by atoms with van der Waals surface area (Å²) in [6, 6.07) is 11.5. The van der Waals surface area contributed by atoms with Gasteiger partial charge in [-0.25, -0.2) is 0 Å². The highest BCUT2D eigenvalue weighted by atomic mass is 16.3. The zero-order valence-electron chi connectivity index (χ0n) is 14.5. The lowest BCUT2D eigenvalue weighted by Crippen LogP contribution is -2.36. The van der Waals surface area contributed by atoms with Crippen molar-refractivity contribution in [2.75, 3.05) is 13.1 Å². The smallest absolute Gasteiger partial charge is 0.286 e. The van der Waals surface area contributed by atoms with Crippen molar-refractivity contribution in [3.05, 3.63) is 59.7 Å². The molecule has 0 atom stereocenters. The molecule has 6 nitrogen and oxygen atoms in total. The molecule has 0 saturated heterocycles. The summed E-state index contributed by atoms with van der Waals surface area (Å²) in [4.78, 5) is 29.7. The number of rotatable bonds is 5. The number of benzene rings is 1. The van der Waals surface area contributed by atoms with Gasteiger partial charge in [0, 0.05) is 54.6 Å². The number of hydrogen-bond donors (Lipinski definition) is 2. The quantitative estimate of drug-likeness (QED) is 0.694. The van der Waals surface area contributed by atoms with E-state index in [1.807, 2.05) is 17.0 Å². The Morgan fingerprint density at radius 3 is 2.92 bits per heavy atom. The van der Waals surface area contributed by atoms with Crippen LogP contribution in [-0.4, -0.2) is 34.8 Å². The normalized spacial score (nSPS) is 13.6. The van der Waals surface area contributed by atoms with Gasteiger partial charge < -0.3 is 19.6 Å². The molecule has 0 aliphatic carbocycles. The predicted octanol–water partition coefficient (Wildman–Crippen LogP) is 2.86. The molecule has 0 radical (unpaired) electrons. The Morgan fingerprint density at radius 2 is 2.08 bits per heavy atom. The predicted molar refractivity (Wildman–Crippen MR) is 97.7 cm³/mol. The molecule has 2 aromatic heterocycles. The van der Waals surface area contributed by atoms with Gasteiger partial charge in [0.2, 0.25) is 5.91 Å². The fourth-order valence-electron chi connectivity index (χ4n) is 3.47. The van der Waals surface area contributed by atoms with Crippen molar-refractivity contribution in [1.29, 1.82) is 0 Å². The standard InChI is InChI=1S/C20H21N3O3/c24-19(8-3-10-21-20(25)18-7-4-12-26-18)23-11-9-17-15(13-23)14-5-1-2-6-16(14)22-17/h1-2,4-7,12,22H,3,8-11,13H2,(H,21,25). The van der Waals surface area contributed by atoms with E-state index in [1.165, 1.54) is 22.9 Å². The van der Waals surface area contributed by atoms with Gasteiger partial charge in [0.25, 0.3) is 5.91 Å². The number of fused-ring (bicyclic) bond motifs is 3. The Labute approximate surface area is 151 Å². The lowest BCUT2D eigenvalue weighted by molar-refractivity contribution is -0.132. The number of H-pyrrole nitrogens is 1. The number of aromatic amines is 1. The third-order valence-electron chi connectivity index (χ3n) is 4.83. The molecule has 2 amide bonds. The van der Waals surface area contributed by atoms with E-state index in [0.717, 1.165) is 18.5 Å². The van der Waals surface area contributed by atoms with Crippen LogP contribution in [-0.2, 0) is 17.8 Å². The van der Waals surface area contributed by atoms with E-state index in [4.69, 9.17) is 4.42 Å². The monoisotopic (exact) mass is 351 g/mol. The Bertz CT molecular complexity index is 927. The van der Waals surface area contributed by atoms with Crippen LogP contribution in [0.1, 0.15) is 34.7 Å². The number of amides is 2. The van der Waals surface area contributed by atoms with E-state index in [1.54, 1.807) is 12.1 Å². The van der Waals surface area contributed by atoms with Crippen LogP contribution in [0.3, 0.4) is 0 Å². The minimum atomic E-state index is -0.246. The maximum Gasteiger partial charge on any atom is 0.286 e. The molecule has 0 bridgehead atoms. The van der Waals surface area contributed by atoms with Crippen molar-refractivity contribution < 1.29 is 14.0 Å². The molecular formula is C20H21N3O3. The largest absolute Gasteiger partial charge is 0.459 e. The van der Waals surface area contributed by atoms with Gasteiger partial charge in [-0.1, -0.05) is 18.2 Å². The molecule has 3 aromatic rings. The number of para-hydroxylation sites is 1. The van der Waals surface area contributed by atoms with Gasteiger partial charge in [0.05, 0.1) is 6.26 Å². The first kappa shape index (κ1) is 16.4. The summed E-state index contributed by atoms with van der Waals surface area (Å²) in [7, 11) is 0. The Balaban J connectivity index is 1.30. The fourth-order valence-corrected chi connectivity index (χ4v) is 3.47. The van der Waals surface area contributed by atoms with Crippen molar-refractivity contribution in [2.24, 2.45) is 0 Å². The molecule has 0 saturated carbocycles. The summed E-state index contributed by atoms with van der Waals surface area (Å²) in [5.74, 6) is 0.177. The van der Waals surface area contributed by atoms with Crippen LogP contribution < -0.4 is 5.32 Å². The van der Waals surface area contributed by atoms with Crippen molar-refractivity contribution in [1.82, 2.24) is 15.2 Å². The van der Waals surface area contributed by atoms with E-state index >= 15 is 0 Å². The Kier molecular flexibility index (Phi) is 4.48. The average Bonchev–Trinajstić information content (AvgIpc) is 3.32. The Morgan fingerprint density at radius 1 is 1.19 bits per heavy atom. The highest BCUT2D eigenvalue weighted by molar-refractivity contribution is 5.91. The van der Waals surface area contributed by atoms with Gasteiger partial charge in [-0.15, -0.1) is 0 Å². The zero-order valence-corrected chi connectivity index (χ0v) is 14.5. The molecule has 1 aliphatic rings. The van der Waals surface area contributed by atoms with Crippen LogP contribution >= 0.6 is 0 Å². The van der Waals surface area contributed by atoms with Crippen molar-refractivity contribution in [3.8, 4) is 0 Å². The summed E-state index contributed by atoms with van der Waals surface area (Å²) in [6.07, 6.45) is 3.36. The molecule has 134 valence electrons. The lowest BCUT2D eigenvalue weighted by Gasteiger charge is -2.27. The Hall–Kier alpha value is -3.02. The van der Waals surface area contributed by atoms with Crippen LogP contribution in [0.25, 0.3) is 10.9 Å². The van der Waals surface area contributed by atoms with Crippen LogP contribution in [0.4, 0.5) is 0 Å². The number of carbonyl (C=O) groups is 2. The highest BCUT2D eigenvalue weighted by Gasteiger charge is 2.23. The van der Waals surface area contributed by atoms with Crippen molar-refractivity contribution >= 4 is 22.7 Å². The maximum absolute atomic E-state index is 12.5. The first-order chi connectivity index (χ1) is 12.7. The van der Waals surface area contributed by atoms with E-state index in [-0.39, 0.29) is 11.8 Å². The number of furan rings is 1. The minimum Gasteiger partial charge on any atom is -0.459 e. The maximum atomic E-state index is 12.5. The van der Waals surface area contributed by atoms with Crippen LogP contribution in [0.15, 0.2) is 47.1 Å². The number of nitrogens with one attached hydrogen (secondary N) is 2. The number of nitrogens with zero attached hydrogens (tertiary/aromatic N) is 1. The fraction of sp³-hybridized carbons (Fsp3) is 0.300. The van der Waals surface area contributed by atoms with E-state index in [0.29, 0.717) is 31.7 Å². The second kappa shape index (κ2) is 7.07. The van der Waals surface area contributed by atoms with Gasteiger partial charge in [-0.3, -0.25) is 9.59 Å². The molecule has 1 aliphatic heterocycles. The van der Waals surface area contributed by atoms with E-state index in [2.05, 4.69) is 22.4 Å². The summed E-state index contributed by atoms with van der Waals surface area (Å²) in [5, 5.41) is 3.97. The second-order valence-electron chi connectivity index (χ2n) is 6.53. The first-order valence-corrected chi connectivity index (χ1v) is 8.90. The SMILES string of the molecule is O=C(NCCCC(=O)N1CCc2[nH]c3ccccc3c2C1)c1ccco1. The van der Waals surface area contributed by atoms with E-state index < -0.39 is 0 Å². The lowest BCUT2D eigenvalue weighted by atomic mass is 10.0. The van der Waals surface area contributed by atoms with Crippen LogP contribution in [0.2, 0.25) is 0 Å². The molecule has 2 N–H and O–H groups in total. The van der Waals surface area contributed by atoms with Crippen molar-refractivity contribution in [3.63, 3.8) is 0 Å². The molecule has 0 spiro atoms. The number of aromatic nitrogens is 1. The summed E-state index contributed by atoms with van der Waals surface area (Å²) >= 11 is 0.